The number of allylic oxidation sites excluding steroid dienone is 1. The summed E-state index contributed by atoms with van der Waals surface area (Å²) < 4.78 is 48.2. The molecule has 0 saturated heterocycles. The molecular weight excluding hydrogens is 314 g/mol. The second-order valence-electron chi connectivity index (χ2n) is 4.90. The van der Waals surface area contributed by atoms with Crippen molar-refractivity contribution >= 4 is 5.97 Å². The molecule has 0 rings (SSSR count). The lowest BCUT2D eigenvalue weighted by Crippen LogP contribution is -2.44. The van der Waals surface area contributed by atoms with Gasteiger partial charge in [0, 0.05) is 7.11 Å². The molecule has 0 amide bonds. The van der Waals surface area contributed by atoms with Gasteiger partial charge in [0.2, 0.25) is 6.10 Å². The zero-order valence-electron chi connectivity index (χ0n) is 13.6. The highest BCUT2D eigenvalue weighted by Crippen LogP contribution is 2.32. The molecule has 0 radical (unpaired) electrons. The minimum atomic E-state index is -3.86. The van der Waals surface area contributed by atoms with E-state index in [-0.39, 0.29) is 25.7 Å². The Labute approximate surface area is 134 Å². The third-order valence-electron chi connectivity index (χ3n) is 2.48. The van der Waals surface area contributed by atoms with Crippen molar-refractivity contribution in [2.75, 3.05) is 33.7 Å². The summed E-state index contributed by atoms with van der Waals surface area (Å²) >= 11 is 0. The Hall–Kier alpha value is -1.51. The van der Waals surface area contributed by atoms with E-state index in [1.165, 1.54) is 13.2 Å². The second-order valence-corrected chi connectivity index (χ2v) is 4.90. The average molecular weight is 338 g/mol. The standard InChI is InChI=1S/C15H24F2O6/c1-5-6-22-13(14(18)19)15(16,17)12(9-11(2)3)23-10-21-8-7-20-4/h5,9,11,13H,1,6-8,10H2,2-4H3,(H,18,19)/b12-9-. The number of aliphatic carboxylic acids is 1. The van der Waals surface area contributed by atoms with Crippen LogP contribution in [-0.4, -0.2) is 56.8 Å². The molecule has 0 heterocycles. The Morgan fingerprint density at radius 2 is 2.00 bits per heavy atom. The highest BCUT2D eigenvalue weighted by atomic mass is 19.3. The van der Waals surface area contributed by atoms with Gasteiger partial charge in [-0.2, -0.15) is 8.78 Å². The van der Waals surface area contributed by atoms with E-state index in [2.05, 4.69) is 11.3 Å². The predicted molar refractivity (Wildman–Crippen MR) is 79.2 cm³/mol. The van der Waals surface area contributed by atoms with Crippen molar-refractivity contribution in [3.8, 4) is 0 Å². The van der Waals surface area contributed by atoms with Gasteiger partial charge in [-0.15, -0.1) is 6.58 Å². The third-order valence-corrected chi connectivity index (χ3v) is 2.48. The van der Waals surface area contributed by atoms with Gasteiger partial charge in [-0.05, 0) is 12.0 Å². The van der Waals surface area contributed by atoms with Gasteiger partial charge < -0.3 is 24.1 Å². The molecule has 8 heteroatoms. The van der Waals surface area contributed by atoms with Crippen molar-refractivity contribution in [2.24, 2.45) is 5.92 Å². The lowest BCUT2D eigenvalue weighted by Gasteiger charge is -2.26. The molecule has 1 N–H and O–H groups in total. The van der Waals surface area contributed by atoms with Gasteiger partial charge in [0.05, 0.1) is 19.8 Å². The Morgan fingerprint density at radius 3 is 2.48 bits per heavy atom. The number of hydrogen-bond acceptors (Lipinski definition) is 5. The first-order chi connectivity index (χ1) is 10.8. The van der Waals surface area contributed by atoms with E-state index in [1.54, 1.807) is 13.8 Å². The fraction of sp³-hybridized carbons (Fsp3) is 0.667. The van der Waals surface area contributed by atoms with E-state index in [9.17, 15) is 13.6 Å². The summed E-state index contributed by atoms with van der Waals surface area (Å²) in [6.45, 7) is 6.28. The van der Waals surface area contributed by atoms with E-state index in [0.717, 1.165) is 6.08 Å². The van der Waals surface area contributed by atoms with Gasteiger partial charge in [0.15, 0.2) is 12.6 Å². The number of carboxylic acids is 1. The van der Waals surface area contributed by atoms with Crippen LogP contribution in [0.3, 0.4) is 0 Å². The van der Waals surface area contributed by atoms with Crippen LogP contribution in [-0.2, 0) is 23.7 Å². The van der Waals surface area contributed by atoms with E-state index in [4.69, 9.17) is 19.3 Å². The SMILES string of the molecule is C=CCOC(C(=O)O)C(F)(F)/C(=C/C(C)C)OCOCCOC. The molecular formula is C15H24F2O6. The number of carbonyl (C=O) groups is 1. The van der Waals surface area contributed by atoms with Crippen LogP contribution in [0, 0.1) is 5.92 Å². The molecule has 0 aliphatic carbocycles. The number of ether oxygens (including phenoxy) is 4. The monoisotopic (exact) mass is 338 g/mol. The number of rotatable bonds is 13. The first-order valence-electron chi connectivity index (χ1n) is 7.02. The molecule has 1 atom stereocenters. The number of halogens is 2. The largest absolute Gasteiger partial charge is 0.479 e. The smallest absolute Gasteiger partial charge is 0.340 e. The van der Waals surface area contributed by atoms with Crippen molar-refractivity contribution in [2.45, 2.75) is 25.9 Å². The van der Waals surface area contributed by atoms with Gasteiger partial charge in [0.25, 0.3) is 0 Å². The van der Waals surface area contributed by atoms with Crippen molar-refractivity contribution in [1.82, 2.24) is 0 Å². The highest BCUT2D eigenvalue weighted by Gasteiger charge is 2.50. The summed E-state index contributed by atoms with van der Waals surface area (Å²) in [4.78, 5) is 11.1. The predicted octanol–water partition coefficient (Wildman–Crippen LogP) is 2.45. The molecule has 0 spiro atoms. The summed E-state index contributed by atoms with van der Waals surface area (Å²) in [6.07, 6.45) is -0.0658. The van der Waals surface area contributed by atoms with Gasteiger partial charge in [-0.3, -0.25) is 0 Å². The number of carboxylic acid groups (broad SMARTS) is 1. The fourth-order valence-electron chi connectivity index (χ4n) is 1.49. The number of alkyl halides is 2. The third kappa shape index (κ3) is 8.06. The fourth-order valence-corrected chi connectivity index (χ4v) is 1.49. The van der Waals surface area contributed by atoms with Crippen LogP contribution in [0.2, 0.25) is 0 Å². The maximum absolute atomic E-state index is 14.4. The Kier molecular flexibility index (Phi) is 10.4. The maximum atomic E-state index is 14.4. The first-order valence-corrected chi connectivity index (χ1v) is 7.02. The Morgan fingerprint density at radius 1 is 1.35 bits per heavy atom. The van der Waals surface area contributed by atoms with Gasteiger partial charge >= 0.3 is 11.9 Å². The number of hydrogen-bond donors (Lipinski definition) is 1. The topological polar surface area (TPSA) is 74.2 Å². The molecule has 0 aromatic carbocycles. The molecule has 134 valence electrons. The van der Waals surface area contributed by atoms with Crippen LogP contribution in [0.4, 0.5) is 8.78 Å². The minimum absolute atomic E-state index is 0.159. The Bertz CT molecular complexity index is 395. The van der Waals surface area contributed by atoms with Crippen LogP contribution < -0.4 is 0 Å². The van der Waals surface area contributed by atoms with E-state index in [1.807, 2.05) is 0 Å². The summed E-state index contributed by atoms with van der Waals surface area (Å²) in [7, 11) is 1.47. The zero-order chi connectivity index (χ0) is 17.9. The van der Waals surface area contributed by atoms with Crippen LogP contribution in [0.15, 0.2) is 24.5 Å². The second kappa shape index (κ2) is 11.1. The van der Waals surface area contributed by atoms with Crippen molar-refractivity contribution in [3.63, 3.8) is 0 Å². The van der Waals surface area contributed by atoms with Crippen LogP contribution in [0.1, 0.15) is 13.8 Å². The highest BCUT2D eigenvalue weighted by molar-refractivity contribution is 5.74. The van der Waals surface area contributed by atoms with Crippen molar-refractivity contribution < 1.29 is 37.6 Å². The molecule has 23 heavy (non-hydrogen) atoms. The minimum Gasteiger partial charge on any atom is -0.479 e. The van der Waals surface area contributed by atoms with Crippen LogP contribution in [0.5, 0.6) is 0 Å². The lowest BCUT2D eigenvalue weighted by atomic mass is 10.1. The maximum Gasteiger partial charge on any atom is 0.340 e. The molecule has 0 bridgehead atoms. The molecule has 0 saturated carbocycles. The quantitative estimate of drug-likeness (QED) is 0.241. The van der Waals surface area contributed by atoms with E-state index < -0.39 is 30.5 Å². The average Bonchev–Trinajstić information content (AvgIpc) is 2.45. The molecule has 0 fully saturated rings. The summed E-state index contributed by atoms with van der Waals surface area (Å²) in [5, 5.41) is 8.99. The Balaban J connectivity index is 5.08. The van der Waals surface area contributed by atoms with Gasteiger partial charge in [0.1, 0.15) is 0 Å². The van der Waals surface area contributed by atoms with Gasteiger partial charge in [-0.1, -0.05) is 19.9 Å². The van der Waals surface area contributed by atoms with Crippen molar-refractivity contribution in [3.05, 3.63) is 24.5 Å². The first kappa shape index (κ1) is 21.5. The molecule has 0 aliphatic rings. The number of methoxy groups -OCH3 is 1. The van der Waals surface area contributed by atoms with Crippen LogP contribution >= 0.6 is 0 Å². The summed E-state index contributed by atoms with van der Waals surface area (Å²) in [6, 6.07) is 0. The van der Waals surface area contributed by atoms with Crippen LogP contribution in [0.25, 0.3) is 0 Å². The molecule has 1 unspecified atom stereocenters. The zero-order valence-corrected chi connectivity index (χ0v) is 13.6. The summed E-state index contributed by atoms with van der Waals surface area (Å²) in [5.41, 5.74) is 0. The molecule has 0 aliphatic heterocycles. The lowest BCUT2D eigenvalue weighted by molar-refractivity contribution is -0.183. The van der Waals surface area contributed by atoms with E-state index in [0.29, 0.717) is 0 Å². The summed E-state index contributed by atoms with van der Waals surface area (Å²) in [5.74, 6) is -6.75. The van der Waals surface area contributed by atoms with Gasteiger partial charge in [-0.25, -0.2) is 4.79 Å². The van der Waals surface area contributed by atoms with Crippen molar-refractivity contribution in [1.29, 1.82) is 0 Å². The normalized spacial score (nSPS) is 13.9. The molecule has 0 aromatic rings. The molecule has 6 nitrogen and oxygen atoms in total. The van der Waals surface area contributed by atoms with E-state index >= 15 is 0 Å². The molecule has 0 aromatic heterocycles.